The van der Waals surface area contributed by atoms with Gasteiger partial charge in [-0.1, -0.05) is 39.7 Å². The zero-order valence-electron chi connectivity index (χ0n) is 10.0. The third kappa shape index (κ3) is 3.20. The van der Waals surface area contributed by atoms with Gasteiger partial charge in [0.25, 0.3) is 0 Å². The summed E-state index contributed by atoms with van der Waals surface area (Å²) in [5.41, 5.74) is 6.93. The first-order chi connectivity index (χ1) is 7.06. The molecule has 1 heteroatoms. The van der Waals surface area contributed by atoms with E-state index in [2.05, 4.69) is 61.8 Å². The molecule has 0 saturated carbocycles. The predicted molar refractivity (Wildman–Crippen MR) is 72.7 cm³/mol. The maximum atomic E-state index is 3.45. The fraction of sp³-hybridized carbons (Fsp3) is 0.429. The largest absolute Gasteiger partial charge is 0.0925 e. The van der Waals surface area contributed by atoms with E-state index < -0.39 is 0 Å². The first kappa shape index (κ1) is 12.5. The Hall–Kier alpha value is -0.560. The van der Waals surface area contributed by atoms with E-state index in [9.17, 15) is 0 Å². The average molecular weight is 267 g/mol. The zero-order valence-corrected chi connectivity index (χ0v) is 11.6. The maximum absolute atomic E-state index is 3.45. The summed E-state index contributed by atoms with van der Waals surface area (Å²) in [6.45, 7) is 8.75. The average Bonchev–Trinajstić information content (AvgIpc) is 2.12. The summed E-state index contributed by atoms with van der Waals surface area (Å²) in [7, 11) is 0. The van der Waals surface area contributed by atoms with Gasteiger partial charge in [0.05, 0.1) is 0 Å². The Balaban J connectivity index is 3.14. The van der Waals surface area contributed by atoms with Gasteiger partial charge in [-0.2, -0.15) is 0 Å². The van der Waals surface area contributed by atoms with Crippen LogP contribution in [0.25, 0.3) is 5.57 Å². The number of rotatable bonds is 3. The second kappa shape index (κ2) is 5.50. The van der Waals surface area contributed by atoms with E-state index >= 15 is 0 Å². The molecule has 0 saturated heterocycles. The minimum absolute atomic E-state index is 1.04. The third-order valence-electron chi connectivity index (χ3n) is 2.63. The highest BCUT2D eigenvalue weighted by Gasteiger charge is 2.04. The molecule has 0 aliphatic rings. The van der Waals surface area contributed by atoms with Gasteiger partial charge < -0.3 is 0 Å². The maximum Gasteiger partial charge on any atom is 0.00661 e. The monoisotopic (exact) mass is 266 g/mol. The minimum atomic E-state index is 1.04. The van der Waals surface area contributed by atoms with Gasteiger partial charge >= 0.3 is 0 Å². The summed E-state index contributed by atoms with van der Waals surface area (Å²) >= 11 is 3.45. The first-order valence-corrected chi connectivity index (χ1v) is 6.49. The van der Waals surface area contributed by atoms with E-state index in [1.165, 1.54) is 27.8 Å². The summed E-state index contributed by atoms with van der Waals surface area (Å²) < 4.78 is 0. The molecule has 0 fully saturated rings. The molecule has 15 heavy (non-hydrogen) atoms. The van der Waals surface area contributed by atoms with Crippen molar-refractivity contribution in [1.29, 1.82) is 0 Å². The van der Waals surface area contributed by atoms with Crippen LogP contribution in [0.2, 0.25) is 0 Å². The SMILES string of the molecule is C/C(=C\CCBr)c1c(C)cc(C)cc1C. The Morgan fingerprint density at radius 2 is 1.73 bits per heavy atom. The Kier molecular flexibility index (Phi) is 4.59. The molecule has 0 amide bonds. The number of aryl methyl sites for hydroxylation is 3. The van der Waals surface area contributed by atoms with Crippen LogP contribution in [0.1, 0.15) is 35.6 Å². The highest BCUT2D eigenvalue weighted by Crippen LogP contribution is 2.24. The van der Waals surface area contributed by atoms with E-state index in [4.69, 9.17) is 0 Å². The van der Waals surface area contributed by atoms with E-state index in [0.29, 0.717) is 0 Å². The van der Waals surface area contributed by atoms with Gasteiger partial charge in [-0.3, -0.25) is 0 Å². The number of halogens is 1. The molecule has 0 nitrogen and oxygen atoms in total. The Morgan fingerprint density at radius 1 is 1.20 bits per heavy atom. The molecule has 0 bridgehead atoms. The van der Waals surface area contributed by atoms with E-state index in [0.717, 1.165) is 11.8 Å². The molecule has 82 valence electrons. The highest BCUT2D eigenvalue weighted by molar-refractivity contribution is 9.09. The van der Waals surface area contributed by atoms with Crippen LogP contribution in [0.5, 0.6) is 0 Å². The Morgan fingerprint density at radius 3 is 2.20 bits per heavy atom. The molecule has 0 N–H and O–H groups in total. The van der Waals surface area contributed by atoms with Crippen LogP contribution in [-0.2, 0) is 0 Å². The van der Waals surface area contributed by atoms with Crippen molar-refractivity contribution in [2.24, 2.45) is 0 Å². The summed E-state index contributed by atoms with van der Waals surface area (Å²) in [4.78, 5) is 0. The number of benzene rings is 1. The van der Waals surface area contributed by atoms with Crippen LogP contribution >= 0.6 is 15.9 Å². The molecule has 0 heterocycles. The van der Waals surface area contributed by atoms with Gasteiger partial charge in [0.1, 0.15) is 0 Å². The number of alkyl halides is 1. The van der Waals surface area contributed by atoms with Crippen LogP contribution in [-0.4, -0.2) is 5.33 Å². The fourth-order valence-electron chi connectivity index (χ4n) is 2.18. The van der Waals surface area contributed by atoms with Crippen molar-refractivity contribution in [2.45, 2.75) is 34.1 Å². The van der Waals surface area contributed by atoms with Gasteiger partial charge in [-0.25, -0.2) is 0 Å². The molecule has 0 aromatic heterocycles. The molecule has 0 radical (unpaired) electrons. The molecule has 1 aromatic carbocycles. The van der Waals surface area contributed by atoms with Crippen LogP contribution in [0.4, 0.5) is 0 Å². The van der Waals surface area contributed by atoms with Crippen molar-refractivity contribution in [1.82, 2.24) is 0 Å². The van der Waals surface area contributed by atoms with E-state index in [-0.39, 0.29) is 0 Å². The van der Waals surface area contributed by atoms with Crippen LogP contribution in [0, 0.1) is 20.8 Å². The zero-order chi connectivity index (χ0) is 11.4. The lowest BCUT2D eigenvalue weighted by Gasteiger charge is -2.11. The van der Waals surface area contributed by atoms with E-state index in [1.54, 1.807) is 0 Å². The molecule has 0 atom stereocenters. The standard InChI is InChI=1S/C14H19Br/c1-10-8-12(3)14(13(4)9-10)11(2)6-5-7-15/h6,8-9H,5,7H2,1-4H3/b11-6+. The second-order valence-electron chi connectivity index (χ2n) is 4.14. The molecule has 0 aliphatic heterocycles. The summed E-state index contributed by atoms with van der Waals surface area (Å²) in [5, 5.41) is 1.04. The van der Waals surface area contributed by atoms with Crippen molar-refractivity contribution < 1.29 is 0 Å². The highest BCUT2D eigenvalue weighted by atomic mass is 79.9. The Bertz CT molecular complexity index is 352. The lowest BCUT2D eigenvalue weighted by molar-refractivity contribution is 1.23. The number of hydrogen-bond donors (Lipinski definition) is 0. The quantitative estimate of drug-likeness (QED) is 0.690. The normalized spacial score (nSPS) is 11.9. The fourth-order valence-corrected chi connectivity index (χ4v) is 2.40. The molecular weight excluding hydrogens is 248 g/mol. The van der Waals surface area contributed by atoms with E-state index in [1.807, 2.05) is 0 Å². The van der Waals surface area contributed by atoms with Gasteiger partial charge in [0, 0.05) is 5.33 Å². The van der Waals surface area contributed by atoms with Crippen molar-refractivity contribution in [3.05, 3.63) is 40.5 Å². The number of allylic oxidation sites excluding steroid dienone is 2. The van der Waals surface area contributed by atoms with Crippen molar-refractivity contribution >= 4 is 21.5 Å². The lowest BCUT2D eigenvalue weighted by atomic mass is 9.94. The van der Waals surface area contributed by atoms with Crippen molar-refractivity contribution in [3.63, 3.8) is 0 Å². The Labute approximate surface area is 102 Å². The topological polar surface area (TPSA) is 0 Å². The summed E-state index contributed by atoms with van der Waals surface area (Å²) in [5.74, 6) is 0. The summed E-state index contributed by atoms with van der Waals surface area (Å²) in [6.07, 6.45) is 3.40. The molecule has 1 aromatic rings. The molecule has 0 spiro atoms. The second-order valence-corrected chi connectivity index (χ2v) is 4.93. The smallest absolute Gasteiger partial charge is 0.00661 e. The van der Waals surface area contributed by atoms with Gasteiger partial charge in [-0.05, 0) is 56.4 Å². The summed E-state index contributed by atoms with van der Waals surface area (Å²) in [6, 6.07) is 4.52. The first-order valence-electron chi connectivity index (χ1n) is 5.37. The molecule has 1 rings (SSSR count). The van der Waals surface area contributed by atoms with Crippen molar-refractivity contribution in [2.75, 3.05) is 5.33 Å². The third-order valence-corrected chi connectivity index (χ3v) is 3.09. The predicted octanol–water partition coefficient (Wildman–Crippen LogP) is 4.80. The van der Waals surface area contributed by atoms with Crippen LogP contribution < -0.4 is 0 Å². The number of hydrogen-bond acceptors (Lipinski definition) is 0. The van der Waals surface area contributed by atoms with Gasteiger partial charge in [0.15, 0.2) is 0 Å². The van der Waals surface area contributed by atoms with Gasteiger partial charge in [0.2, 0.25) is 0 Å². The molecule has 0 unspecified atom stereocenters. The molecular formula is C14H19Br. The molecule has 0 aliphatic carbocycles. The minimum Gasteiger partial charge on any atom is -0.0925 e. The van der Waals surface area contributed by atoms with Crippen molar-refractivity contribution in [3.8, 4) is 0 Å². The van der Waals surface area contributed by atoms with Gasteiger partial charge in [-0.15, -0.1) is 0 Å². The van der Waals surface area contributed by atoms with Crippen LogP contribution in [0.3, 0.4) is 0 Å². The van der Waals surface area contributed by atoms with Crippen LogP contribution in [0.15, 0.2) is 18.2 Å². The lowest BCUT2D eigenvalue weighted by Crippen LogP contribution is -1.92.